The van der Waals surface area contributed by atoms with Crippen molar-refractivity contribution in [3.05, 3.63) is 0 Å². The Balaban J connectivity index is 1.94. The molecule has 0 aliphatic carbocycles. The summed E-state index contributed by atoms with van der Waals surface area (Å²) in [5, 5.41) is 0. The monoisotopic (exact) mass is 256 g/mol. The van der Waals surface area contributed by atoms with E-state index in [1.165, 1.54) is 32.2 Å². The molecule has 2 fully saturated rings. The number of hydrogen-bond donors (Lipinski definition) is 0. The summed E-state index contributed by atoms with van der Waals surface area (Å²) < 4.78 is 0. The van der Waals surface area contributed by atoms with Crippen LogP contribution in [0.25, 0.3) is 0 Å². The van der Waals surface area contributed by atoms with E-state index in [1.807, 2.05) is 0 Å². The molecule has 98 valence electrons. The highest BCUT2D eigenvalue weighted by molar-refractivity contribution is 7.98. The van der Waals surface area contributed by atoms with Crippen molar-refractivity contribution >= 4 is 17.7 Å². The maximum absolute atomic E-state index is 12.2. The Labute approximate surface area is 109 Å². The predicted molar refractivity (Wildman–Crippen MR) is 73.4 cm³/mol. The molecule has 2 saturated heterocycles. The smallest absolute Gasteiger partial charge is 0.223 e. The summed E-state index contributed by atoms with van der Waals surface area (Å²) in [6.07, 6.45) is 7.76. The first-order valence-corrected chi connectivity index (χ1v) is 8.12. The number of nitrogens with zero attached hydrogens (tertiary/aromatic N) is 2. The summed E-state index contributed by atoms with van der Waals surface area (Å²) in [5.41, 5.74) is 0. The number of carbonyl (C=O) groups excluding carboxylic acids is 1. The molecule has 1 amide bonds. The molecule has 17 heavy (non-hydrogen) atoms. The average Bonchev–Trinajstić information content (AvgIpc) is 2.93. The van der Waals surface area contributed by atoms with E-state index in [4.69, 9.17) is 0 Å². The second kappa shape index (κ2) is 6.10. The number of hydrogen-bond acceptors (Lipinski definition) is 3. The van der Waals surface area contributed by atoms with Crippen molar-refractivity contribution in [2.45, 2.75) is 44.2 Å². The minimum absolute atomic E-state index is 0.377. The molecule has 3 nitrogen and oxygen atoms in total. The lowest BCUT2D eigenvalue weighted by Gasteiger charge is -2.33. The fourth-order valence-electron chi connectivity index (χ4n) is 3.26. The standard InChI is InChI=1S/C13H24N2OS/c1-14-8-3-5-11(14)12-6-4-9-15(12)13(16)7-10-17-2/h11-12H,3-10H2,1-2H3/t11-,12-/m0/s1. The highest BCUT2D eigenvalue weighted by Gasteiger charge is 2.37. The van der Waals surface area contributed by atoms with E-state index in [-0.39, 0.29) is 0 Å². The SMILES string of the molecule is CSCCC(=O)N1CCC[C@H]1[C@@H]1CCCN1C. The minimum Gasteiger partial charge on any atom is -0.338 e. The summed E-state index contributed by atoms with van der Waals surface area (Å²) >= 11 is 1.76. The van der Waals surface area contributed by atoms with Crippen LogP contribution in [0.1, 0.15) is 32.1 Å². The molecule has 4 heteroatoms. The molecule has 0 N–H and O–H groups in total. The first kappa shape index (κ1) is 13.2. The Bertz CT molecular complexity index is 272. The molecule has 0 aromatic heterocycles. The average molecular weight is 256 g/mol. The van der Waals surface area contributed by atoms with Gasteiger partial charge in [0, 0.05) is 30.8 Å². The van der Waals surface area contributed by atoms with Crippen LogP contribution in [-0.4, -0.2) is 59.9 Å². The highest BCUT2D eigenvalue weighted by atomic mass is 32.2. The third-order valence-electron chi connectivity index (χ3n) is 4.16. The quantitative estimate of drug-likeness (QED) is 0.766. The molecule has 0 unspecified atom stereocenters. The maximum atomic E-state index is 12.2. The van der Waals surface area contributed by atoms with Crippen molar-refractivity contribution in [3.8, 4) is 0 Å². The van der Waals surface area contributed by atoms with Crippen LogP contribution < -0.4 is 0 Å². The van der Waals surface area contributed by atoms with Gasteiger partial charge in [-0.2, -0.15) is 11.8 Å². The first-order chi connectivity index (χ1) is 8.24. The Kier molecular flexibility index (Phi) is 4.74. The van der Waals surface area contributed by atoms with Crippen molar-refractivity contribution in [2.24, 2.45) is 0 Å². The number of thioether (sulfide) groups is 1. The molecule has 0 saturated carbocycles. The van der Waals surface area contributed by atoms with Gasteiger partial charge < -0.3 is 9.80 Å². The van der Waals surface area contributed by atoms with Crippen LogP contribution in [0.4, 0.5) is 0 Å². The topological polar surface area (TPSA) is 23.6 Å². The molecular weight excluding hydrogens is 232 g/mol. The molecule has 0 aromatic rings. The second-order valence-corrected chi connectivity index (χ2v) is 6.22. The lowest BCUT2D eigenvalue weighted by Crippen LogP contribution is -2.47. The van der Waals surface area contributed by atoms with Gasteiger partial charge in [-0.3, -0.25) is 4.79 Å². The normalized spacial score (nSPS) is 30.1. The van der Waals surface area contributed by atoms with Gasteiger partial charge in [-0.1, -0.05) is 0 Å². The highest BCUT2D eigenvalue weighted by Crippen LogP contribution is 2.29. The zero-order valence-corrected chi connectivity index (χ0v) is 11.8. The van der Waals surface area contributed by atoms with Crippen molar-refractivity contribution in [1.82, 2.24) is 9.80 Å². The zero-order valence-electron chi connectivity index (χ0n) is 11.0. The van der Waals surface area contributed by atoms with Gasteiger partial charge in [0.15, 0.2) is 0 Å². The number of carbonyl (C=O) groups is 1. The van der Waals surface area contributed by atoms with Gasteiger partial charge in [0.1, 0.15) is 0 Å². The van der Waals surface area contributed by atoms with E-state index < -0.39 is 0 Å². The molecule has 2 heterocycles. The molecule has 2 aliphatic rings. The van der Waals surface area contributed by atoms with Crippen LogP contribution in [0.2, 0.25) is 0 Å². The zero-order chi connectivity index (χ0) is 12.3. The molecule has 0 bridgehead atoms. The van der Waals surface area contributed by atoms with Gasteiger partial charge >= 0.3 is 0 Å². The largest absolute Gasteiger partial charge is 0.338 e. The van der Waals surface area contributed by atoms with Gasteiger partial charge in [-0.25, -0.2) is 0 Å². The Morgan fingerprint density at radius 3 is 2.59 bits per heavy atom. The van der Waals surface area contributed by atoms with Crippen molar-refractivity contribution in [2.75, 3.05) is 32.1 Å². The maximum Gasteiger partial charge on any atom is 0.223 e. The van der Waals surface area contributed by atoms with Crippen LogP contribution in [0.5, 0.6) is 0 Å². The lowest BCUT2D eigenvalue weighted by molar-refractivity contribution is -0.132. The Morgan fingerprint density at radius 2 is 1.94 bits per heavy atom. The van der Waals surface area contributed by atoms with Crippen LogP contribution >= 0.6 is 11.8 Å². The number of likely N-dealkylation sites (N-methyl/N-ethyl adjacent to an activating group) is 1. The molecule has 0 spiro atoms. The van der Waals surface area contributed by atoms with Crippen LogP contribution in [0, 0.1) is 0 Å². The summed E-state index contributed by atoms with van der Waals surface area (Å²) in [6, 6.07) is 1.12. The van der Waals surface area contributed by atoms with E-state index in [2.05, 4.69) is 23.1 Å². The van der Waals surface area contributed by atoms with Gasteiger partial charge in [-0.15, -0.1) is 0 Å². The fraction of sp³-hybridized carbons (Fsp3) is 0.923. The van der Waals surface area contributed by atoms with Gasteiger partial charge in [0.2, 0.25) is 5.91 Å². The summed E-state index contributed by atoms with van der Waals surface area (Å²) in [5.74, 6) is 1.34. The second-order valence-electron chi connectivity index (χ2n) is 5.23. The van der Waals surface area contributed by atoms with Crippen molar-refractivity contribution in [1.29, 1.82) is 0 Å². The van der Waals surface area contributed by atoms with Crippen molar-refractivity contribution in [3.63, 3.8) is 0 Å². The van der Waals surface area contributed by atoms with Crippen LogP contribution in [0.3, 0.4) is 0 Å². The van der Waals surface area contributed by atoms with Crippen LogP contribution in [0.15, 0.2) is 0 Å². The predicted octanol–water partition coefficient (Wildman–Crippen LogP) is 1.82. The summed E-state index contributed by atoms with van der Waals surface area (Å²) in [4.78, 5) is 16.8. The molecule has 2 aliphatic heterocycles. The minimum atomic E-state index is 0.377. The van der Waals surface area contributed by atoms with Gasteiger partial charge in [-0.05, 0) is 45.5 Å². The molecule has 0 radical (unpaired) electrons. The van der Waals surface area contributed by atoms with E-state index in [0.29, 0.717) is 24.4 Å². The molecule has 0 aromatic carbocycles. The van der Waals surface area contributed by atoms with E-state index in [1.54, 1.807) is 11.8 Å². The Hall–Kier alpha value is -0.220. The van der Waals surface area contributed by atoms with E-state index >= 15 is 0 Å². The number of likely N-dealkylation sites (tertiary alicyclic amines) is 2. The third kappa shape index (κ3) is 2.97. The fourth-order valence-corrected chi connectivity index (χ4v) is 3.64. The van der Waals surface area contributed by atoms with E-state index in [9.17, 15) is 4.79 Å². The molecular formula is C13H24N2OS. The van der Waals surface area contributed by atoms with Crippen LogP contribution in [-0.2, 0) is 4.79 Å². The van der Waals surface area contributed by atoms with Crippen molar-refractivity contribution < 1.29 is 4.79 Å². The summed E-state index contributed by atoms with van der Waals surface area (Å²) in [7, 11) is 2.21. The third-order valence-corrected chi connectivity index (χ3v) is 4.77. The summed E-state index contributed by atoms with van der Waals surface area (Å²) in [6.45, 7) is 2.19. The van der Waals surface area contributed by atoms with Gasteiger partial charge in [0.25, 0.3) is 0 Å². The van der Waals surface area contributed by atoms with Gasteiger partial charge in [0.05, 0.1) is 0 Å². The molecule has 2 atom stereocenters. The number of amides is 1. The number of rotatable bonds is 4. The Morgan fingerprint density at radius 1 is 1.24 bits per heavy atom. The lowest BCUT2D eigenvalue weighted by atomic mass is 10.0. The first-order valence-electron chi connectivity index (χ1n) is 6.72. The molecule has 2 rings (SSSR count). The van der Waals surface area contributed by atoms with E-state index in [0.717, 1.165) is 12.3 Å².